The van der Waals surface area contributed by atoms with Gasteiger partial charge in [0.1, 0.15) is 0 Å². The summed E-state index contributed by atoms with van der Waals surface area (Å²) in [7, 11) is 0. The van der Waals surface area contributed by atoms with E-state index in [-0.39, 0.29) is 5.91 Å². The predicted octanol–water partition coefficient (Wildman–Crippen LogP) is 0.196. The summed E-state index contributed by atoms with van der Waals surface area (Å²) in [6.07, 6.45) is 2.54. The van der Waals surface area contributed by atoms with Gasteiger partial charge < -0.3 is 15.5 Å². The molecule has 88 valence electrons. The van der Waals surface area contributed by atoms with Crippen LogP contribution in [0.15, 0.2) is 0 Å². The standard InChI is InChI=1S/C11H23N3O/c1-3-12-11-5-4-7-14(9-11)8-6-13-10(2)15/h11-12H,3-9H2,1-2H3,(H,13,15). The molecule has 0 spiro atoms. The van der Waals surface area contributed by atoms with E-state index in [2.05, 4.69) is 22.5 Å². The Balaban J connectivity index is 2.15. The first-order valence-electron chi connectivity index (χ1n) is 5.92. The zero-order valence-electron chi connectivity index (χ0n) is 9.88. The van der Waals surface area contributed by atoms with Crippen molar-refractivity contribution in [2.45, 2.75) is 32.7 Å². The summed E-state index contributed by atoms with van der Waals surface area (Å²) < 4.78 is 0. The minimum atomic E-state index is 0.0650. The van der Waals surface area contributed by atoms with E-state index in [0.717, 1.165) is 26.2 Å². The van der Waals surface area contributed by atoms with Crippen molar-refractivity contribution in [3.8, 4) is 0 Å². The largest absolute Gasteiger partial charge is 0.355 e. The molecule has 0 aromatic rings. The van der Waals surface area contributed by atoms with E-state index in [9.17, 15) is 4.79 Å². The van der Waals surface area contributed by atoms with Crippen molar-refractivity contribution >= 4 is 5.91 Å². The summed E-state index contributed by atoms with van der Waals surface area (Å²) in [6, 6.07) is 0.640. The molecule has 2 N–H and O–H groups in total. The van der Waals surface area contributed by atoms with Crippen LogP contribution in [0.4, 0.5) is 0 Å². The Hall–Kier alpha value is -0.610. The molecule has 1 rings (SSSR count). The van der Waals surface area contributed by atoms with E-state index in [0.29, 0.717) is 6.04 Å². The second kappa shape index (κ2) is 6.80. The third kappa shape index (κ3) is 5.14. The number of hydrogen-bond acceptors (Lipinski definition) is 3. The van der Waals surface area contributed by atoms with Crippen molar-refractivity contribution in [1.82, 2.24) is 15.5 Å². The molecule has 0 aromatic heterocycles. The number of hydrogen-bond donors (Lipinski definition) is 2. The fraction of sp³-hybridized carbons (Fsp3) is 0.909. The zero-order valence-corrected chi connectivity index (χ0v) is 9.88. The number of rotatable bonds is 5. The summed E-state index contributed by atoms with van der Waals surface area (Å²) in [6.45, 7) is 8.79. The quantitative estimate of drug-likeness (QED) is 0.685. The van der Waals surface area contributed by atoms with Crippen molar-refractivity contribution < 1.29 is 4.79 Å². The van der Waals surface area contributed by atoms with Crippen LogP contribution in [0.25, 0.3) is 0 Å². The lowest BCUT2D eigenvalue weighted by molar-refractivity contribution is -0.119. The highest BCUT2D eigenvalue weighted by Crippen LogP contribution is 2.08. The Morgan fingerprint density at radius 2 is 2.33 bits per heavy atom. The second-order valence-corrected chi connectivity index (χ2v) is 4.18. The van der Waals surface area contributed by atoms with Crippen LogP contribution in [0.2, 0.25) is 0 Å². The van der Waals surface area contributed by atoms with Crippen LogP contribution in [-0.2, 0) is 4.79 Å². The monoisotopic (exact) mass is 213 g/mol. The van der Waals surface area contributed by atoms with Gasteiger partial charge >= 0.3 is 0 Å². The maximum Gasteiger partial charge on any atom is 0.216 e. The molecule has 0 aliphatic carbocycles. The predicted molar refractivity (Wildman–Crippen MR) is 61.8 cm³/mol. The van der Waals surface area contributed by atoms with E-state index in [1.54, 1.807) is 6.92 Å². The van der Waals surface area contributed by atoms with Crippen LogP contribution < -0.4 is 10.6 Å². The van der Waals surface area contributed by atoms with Crippen molar-refractivity contribution in [2.75, 3.05) is 32.7 Å². The highest BCUT2D eigenvalue weighted by Gasteiger charge is 2.18. The fourth-order valence-electron chi connectivity index (χ4n) is 2.10. The van der Waals surface area contributed by atoms with E-state index in [1.807, 2.05) is 0 Å². The summed E-state index contributed by atoms with van der Waals surface area (Å²) in [5.41, 5.74) is 0. The van der Waals surface area contributed by atoms with Crippen molar-refractivity contribution in [3.05, 3.63) is 0 Å². The molecule has 0 aromatic carbocycles. The SMILES string of the molecule is CCNC1CCCN(CCNC(C)=O)C1. The Morgan fingerprint density at radius 1 is 1.53 bits per heavy atom. The molecule has 1 aliphatic heterocycles. The molecule has 0 saturated carbocycles. The van der Waals surface area contributed by atoms with E-state index in [1.165, 1.54) is 19.4 Å². The normalized spacial score (nSPS) is 22.7. The minimum Gasteiger partial charge on any atom is -0.355 e. The van der Waals surface area contributed by atoms with Gasteiger partial charge in [-0.05, 0) is 25.9 Å². The smallest absolute Gasteiger partial charge is 0.216 e. The maximum atomic E-state index is 10.7. The summed E-state index contributed by atoms with van der Waals surface area (Å²) in [5, 5.41) is 6.32. The number of nitrogens with one attached hydrogen (secondary N) is 2. The maximum absolute atomic E-state index is 10.7. The average molecular weight is 213 g/mol. The van der Waals surface area contributed by atoms with E-state index in [4.69, 9.17) is 0 Å². The first-order chi connectivity index (χ1) is 7.22. The van der Waals surface area contributed by atoms with Crippen LogP contribution in [0.1, 0.15) is 26.7 Å². The average Bonchev–Trinajstić information content (AvgIpc) is 2.18. The van der Waals surface area contributed by atoms with Crippen LogP contribution in [0, 0.1) is 0 Å². The van der Waals surface area contributed by atoms with E-state index >= 15 is 0 Å². The summed E-state index contributed by atoms with van der Waals surface area (Å²) in [5.74, 6) is 0.0650. The first-order valence-corrected chi connectivity index (χ1v) is 5.92. The molecular weight excluding hydrogens is 190 g/mol. The van der Waals surface area contributed by atoms with Gasteiger partial charge in [-0.1, -0.05) is 6.92 Å². The number of carbonyl (C=O) groups is 1. The molecule has 4 heteroatoms. The number of likely N-dealkylation sites (tertiary alicyclic amines) is 1. The Morgan fingerprint density at radius 3 is 3.00 bits per heavy atom. The number of carbonyl (C=O) groups excluding carboxylic acids is 1. The molecule has 0 radical (unpaired) electrons. The molecule has 1 atom stereocenters. The van der Waals surface area contributed by atoms with Gasteiger partial charge in [-0.2, -0.15) is 0 Å². The van der Waals surface area contributed by atoms with Crippen LogP contribution in [0.3, 0.4) is 0 Å². The Bertz CT molecular complexity index is 194. The third-order valence-electron chi connectivity index (χ3n) is 2.80. The lowest BCUT2D eigenvalue weighted by Gasteiger charge is -2.33. The van der Waals surface area contributed by atoms with Crippen LogP contribution in [-0.4, -0.2) is 49.6 Å². The number of likely N-dealkylation sites (N-methyl/N-ethyl adjacent to an activating group) is 1. The van der Waals surface area contributed by atoms with Gasteiger partial charge in [0, 0.05) is 32.6 Å². The molecule has 1 fully saturated rings. The van der Waals surface area contributed by atoms with Crippen LogP contribution in [0.5, 0.6) is 0 Å². The highest BCUT2D eigenvalue weighted by atomic mass is 16.1. The Kier molecular flexibility index (Phi) is 5.65. The Labute approximate surface area is 92.4 Å². The third-order valence-corrected chi connectivity index (χ3v) is 2.80. The molecule has 4 nitrogen and oxygen atoms in total. The van der Waals surface area contributed by atoms with Gasteiger partial charge in [-0.25, -0.2) is 0 Å². The van der Waals surface area contributed by atoms with Gasteiger partial charge in [0.05, 0.1) is 0 Å². The summed E-state index contributed by atoms with van der Waals surface area (Å²) in [4.78, 5) is 13.1. The topological polar surface area (TPSA) is 44.4 Å². The number of nitrogens with zero attached hydrogens (tertiary/aromatic N) is 1. The molecular formula is C11H23N3O. The number of amides is 1. The van der Waals surface area contributed by atoms with Gasteiger partial charge in [0.25, 0.3) is 0 Å². The molecule has 1 amide bonds. The number of piperidine rings is 1. The van der Waals surface area contributed by atoms with Gasteiger partial charge in [-0.3, -0.25) is 4.79 Å². The minimum absolute atomic E-state index is 0.0650. The second-order valence-electron chi connectivity index (χ2n) is 4.18. The zero-order chi connectivity index (χ0) is 11.1. The molecule has 1 heterocycles. The van der Waals surface area contributed by atoms with E-state index < -0.39 is 0 Å². The molecule has 15 heavy (non-hydrogen) atoms. The molecule has 1 unspecified atom stereocenters. The summed E-state index contributed by atoms with van der Waals surface area (Å²) >= 11 is 0. The highest BCUT2D eigenvalue weighted by molar-refractivity contribution is 5.72. The van der Waals surface area contributed by atoms with Crippen molar-refractivity contribution in [3.63, 3.8) is 0 Å². The molecule has 0 bridgehead atoms. The van der Waals surface area contributed by atoms with Crippen molar-refractivity contribution in [2.24, 2.45) is 0 Å². The molecule has 1 saturated heterocycles. The van der Waals surface area contributed by atoms with Crippen molar-refractivity contribution in [1.29, 1.82) is 0 Å². The lowest BCUT2D eigenvalue weighted by Crippen LogP contribution is -2.47. The fourth-order valence-corrected chi connectivity index (χ4v) is 2.10. The van der Waals surface area contributed by atoms with Gasteiger partial charge in [0.2, 0.25) is 5.91 Å². The first kappa shape index (κ1) is 12.5. The van der Waals surface area contributed by atoms with Crippen LogP contribution >= 0.6 is 0 Å². The van der Waals surface area contributed by atoms with Gasteiger partial charge in [0.15, 0.2) is 0 Å². The lowest BCUT2D eigenvalue weighted by atomic mass is 10.1. The molecule has 1 aliphatic rings. The van der Waals surface area contributed by atoms with Gasteiger partial charge in [-0.15, -0.1) is 0 Å².